The second kappa shape index (κ2) is 9.79. The largest absolute Gasteiger partial charge is 0.368 e. The lowest BCUT2D eigenvalue weighted by atomic mass is 10.0. The zero-order valence-corrected chi connectivity index (χ0v) is 15.6. The number of amides is 1. The molecule has 140 valence electrons. The zero-order valence-electron chi connectivity index (χ0n) is 13.9. The highest BCUT2D eigenvalue weighted by Crippen LogP contribution is 2.23. The van der Waals surface area contributed by atoms with E-state index in [1.54, 1.807) is 12.1 Å². The van der Waals surface area contributed by atoms with Gasteiger partial charge in [0.1, 0.15) is 0 Å². The van der Waals surface area contributed by atoms with E-state index >= 15 is 0 Å². The number of nitrogens with zero attached hydrogens (tertiary/aromatic N) is 3. The maximum Gasteiger partial charge on any atom is 0.271 e. The van der Waals surface area contributed by atoms with Crippen molar-refractivity contribution >= 4 is 42.1 Å². The van der Waals surface area contributed by atoms with Gasteiger partial charge >= 0.3 is 0 Å². The fourth-order valence-electron chi connectivity index (χ4n) is 3.28. The molecule has 0 radical (unpaired) electrons. The fourth-order valence-corrected chi connectivity index (χ4v) is 3.28. The molecule has 1 unspecified atom stereocenters. The van der Waals surface area contributed by atoms with Crippen molar-refractivity contribution in [2.24, 2.45) is 5.92 Å². The van der Waals surface area contributed by atoms with Gasteiger partial charge in [-0.15, -0.1) is 24.8 Å². The highest BCUT2D eigenvalue weighted by Gasteiger charge is 2.25. The maximum absolute atomic E-state index is 12.3. The number of hydrogen-bond donors (Lipinski definition) is 1. The first-order chi connectivity index (χ1) is 11.1. The molecule has 2 aliphatic rings. The molecule has 1 aromatic rings. The summed E-state index contributed by atoms with van der Waals surface area (Å²) in [6.45, 7) is 4.76. The molecule has 9 heteroatoms. The van der Waals surface area contributed by atoms with E-state index in [-0.39, 0.29) is 41.3 Å². The third kappa shape index (κ3) is 5.45. The van der Waals surface area contributed by atoms with E-state index < -0.39 is 0 Å². The number of rotatable bonds is 4. The van der Waals surface area contributed by atoms with E-state index in [0.29, 0.717) is 25.4 Å². The van der Waals surface area contributed by atoms with Gasteiger partial charge in [-0.2, -0.15) is 0 Å². The highest BCUT2D eigenvalue weighted by molar-refractivity contribution is 5.85. The van der Waals surface area contributed by atoms with Gasteiger partial charge in [-0.3, -0.25) is 14.9 Å². The van der Waals surface area contributed by atoms with Gasteiger partial charge in [-0.05, 0) is 31.5 Å². The molecule has 0 spiro atoms. The van der Waals surface area contributed by atoms with Gasteiger partial charge in [-0.1, -0.05) is 6.07 Å². The predicted octanol–water partition coefficient (Wildman–Crippen LogP) is 2.09. The van der Waals surface area contributed by atoms with Crippen molar-refractivity contribution in [3.8, 4) is 0 Å². The number of benzene rings is 1. The van der Waals surface area contributed by atoms with Gasteiger partial charge in [0.15, 0.2) is 0 Å². The lowest BCUT2D eigenvalue weighted by molar-refractivity contribution is -0.384. The fraction of sp³-hybridized carbons (Fsp3) is 0.562. The van der Waals surface area contributed by atoms with Crippen molar-refractivity contribution in [2.45, 2.75) is 12.8 Å². The van der Waals surface area contributed by atoms with Crippen LogP contribution in [0.1, 0.15) is 12.8 Å². The Morgan fingerprint density at radius 2 is 1.96 bits per heavy atom. The second-order valence-electron chi connectivity index (χ2n) is 6.21. The van der Waals surface area contributed by atoms with Crippen molar-refractivity contribution in [2.75, 3.05) is 44.2 Å². The third-order valence-corrected chi connectivity index (χ3v) is 4.66. The lowest BCUT2D eigenvalue weighted by Gasteiger charge is -2.36. The first-order valence-corrected chi connectivity index (χ1v) is 8.11. The minimum atomic E-state index is -0.376. The molecule has 2 aliphatic heterocycles. The number of piperazine rings is 1. The summed E-state index contributed by atoms with van der Waals surface area (Å²) in [5.41, 5.74) is 0.959. The quantitative estimate of drug-likeness (QED) is 0.628. The van der Waals surface area contributed by atoms with Crippen LogP contribution in [0.25, 0.3) is 0 Å². The summed E-state index contributed by atoms with van der Waals surface area (Å²) in [7, 11) is 0. The first kappa shape index (κ1) is 21.5. The maximum atomic E-state index is 12.3. The standard InChI is InChI=1S/C16H22N4O3.2ClH/c21-16(10-13-4-5-17-12-13)19-8-6-18(7-9-19)14-2-1-3-15(11-14)20(22)23;;/h1-3,11,13,17H,4-10,12H2;2*1H. The second-order valence-corrected chi connectivity index (χ2v) is 6.21. The topological polar surface area (TPSA) is 78.7 Å². The van der Waals surface area contributed by atoms with Crippen molar-refractivity contribution in [3.05, 3.63) is 34.4 Å². The smallest absolute Gasteiger partial charge is 0.271 e. The Morgan fingerprint density at radius 1 is 1.24 bits per heavy atom. The third-order valence-electron chi connectivity index (χ3n) is 4.66. The molecule has 1 N–H and O–H groups in total. The molecule has 7 nitrogen and oxygen atoms in total. The number of carbonyl (C=O) groups excluding carboxylic acids is 1. The Bertz CT molecular complexity index is 588. The summed E-state index contributed by atoms with van der Waals surface area (Å²) in [5, 5.41) is 14.2. The molecular formula is C16H24Cl2N4O3. The molecule has 2 heterocycles. The van der Waals surface area contributed by atoms with Crippen molar-refractivity contribution in [3.63, 3.8) is 0 Å². The summed E-state index contributed by atoms with van der Waals surface area (Å²) >= 11 is 0. The van der Waals surface area contributed by atoms with Gasteiger partial charge in [0.25, 0.3) is 5.69 Å². The van der Waals surface area contributed by atoms with Gasteiger partial charge in [-0.25, -0.2) is 0 Å². The number of nitro benzene ring substituents is 1. The van der Waals surface area contributed by atoms with E-state index in [1.165, 1.54) is 6.07 Å². The average molecular weight is 391 g/mol. The molecule has 2 fully saturated rings. The SMILES string of the molecule is Cl.Cl.O=C(CC1CCNC1)N1CCN(c2cccc([N+](=O)[O-])c2)CC1. The number of nitrogens with one attached hydrogen (secondary N) is 1. The molecule has 2 saturated heterocycles. The van der Waals surface area contributed by atoms with Crippen LogP contribution in [0.15, 0.2) is 24.3 Å². The Kier molecular flexibility index (Phi) is 8.41. The lowest BCUT2D eigenvalue weighted by Crippen LogP contribution is -2.49. The minimum absolute atomic E-state index is 0. The van der Waals surface area contributed by atoms with Crippen LogP contribution in [0.3, 0.4) is 0 Å². The molecule has 0 bridgehead atoms. The number of non-ortho nitro benzene ring substituents is 1. The molecule has 3 rings (SSSR count). The Hall–Kier alpha value is -1.57. The number of nitro groups is 1. The number of carbonyl (C=O) groups is 1. The molecule has 0 aliphatic carbocycles. The predicted molar refractivity (Wildman–Crippen MR) is 102 cm³/mol. The van der Waals surface area contributed by atoms with E-state index in [4.69, 9.17) is 0 Å². The summed E-state index contributed by atoms with van der Waals surface area (Å²) in [6.07, 6.45) is 1.71. The number of hydrogen-bond acceptors (Lipinski definition) is 5. The number of halogens is 2. The van der Waals surface area contributed by atoms with Crippen LogP contribution in [0.5, 0.6) is 0 Å². The van der Waals surface area contributed by atoms with Crippen LogP contribution in [-0.4, -0.2) is 55.0 Å². The van der Waals surface area contributed by atoms with Crippen LogP contribution >= 0.6 is 24.8 Å². The van der Waals surface area contributed by atoms with E-state index in [0.717, 1.165) is 38.3 Å². The minimum Gasteiger partial charge on any atom is -0.368 e. The molecule has 0 aromatic heterocycles. The van der Waals surface area contributed by atoms with E-state index in [1.807, 2.05) is 11.0 Å². The van der Waals surface area contributed by atoms with E-state index in [2.05, 4.69) is 10.2 Å². The normalized spacial score (nSPS) is 19.8. The average Bonchev–Trinajstić information content (AvgIpc) is 3.08. The van der Waals surface area contributed by atoms with Crippen LogP contribution in [0, 0.1) is 16.0 Å². The monoisotopic (exact) mass is 390 g/mol. The summed E-state index contributed by atoms with van der Waals surface area (Å²) in [4.78, 5) is 26.9. The summed E-state index contributed by atoms with van der Waals surface area (Å²) < 4.78 is 0. The Labute approximate surface area is 159 Å². The van der Waals surface area contributed by atoms with E-state index in [9.17, 15) is 14.9 Å². The Balaban J connectivity index is 0.00000156. The van der Waals surface area contributed by atoms with Gasteiger partial charge in [0, 0.05) is 50.4 Å². The zero-order chi connectivity index (χ0) is 16.2. The van der Waals surface area contributed by atoms with Gasteiger partial charge < -0.3 is 15.1 Å². The molecule has 1 atom stereocenters. The first-order valence-electron chi connectivity index (χ1n) is 8.11. The van der Waals surface area contributed by atoms with Crippen LogP contribution in [0.4, 0.5) is 11.4 Å². The summed E-state index contributed by atoms with van der Waals surface area (Å²) in [5.74, 6) is 0.703. The van der Waals surface area contributed by atoms with Gasteiger partial charge in [0.2, 0.25) is 5.91 Å². The molecule has 1 aromatic carbocycles. The number of anilines is 1. The molecule has 1 amide bonds. The molecular weight excluding hydrogens is 367 g/mol. The van der Waals surface area contributed by atoms with Crippen molar-refractivity contribution in [1.82, 2.24) is 10.2 Å². The van der Waals surface area contributed by atoms with Crippen LogP contribution in [0.2, 0.25) is 0 Å². The van der Waals surface area contributed by atoms with Crippen LogP contribution < -0.4 is 10.2 Å². The van der Waals surface area contributed by atoms with Crippen molar-refractivity contribution in [1.29, 1.82) is 0 Å². The van der Waals surface area contributed by atoms with Crippen molar-refractivity contribution < 1.29 is 9.72 Å². The molecule has 0 saturated carbocycles. The highest BCUT2D eigenvalue weighted by atomic mass is 35.5. The Morgan fingerprint density at radius 3 is 2.56 bits per heavy atom. The summed E-state index contributed by atoms with van der Waals surface area (Å²) in [6, 6.07) is 6.69. The molecule has 25 heavy (non-hydrogen) atoms. The van der Waals surface area contributed by atoms with Gasteiger partial charge in [0.05, 0.1) is 4.92 Å². The van der Waals surface area contributed by atoms with Crippen LogP contribution in [-0.2, 0) is 4.79 Å².